The highest BCUT2D eigenvalue weighted by Gasteiger charge is 2.08. The number of halogens is 1. The van der Waals surface area contributed by atoms with E-state index in [1.165, 1.54) is 30.6 Å². The Bertz CT molecular complexity index is 806. The molecular weight excluding hydrogens is 295 g/mol. The number of nitrogens with zero attached hydrogens (tertiary/aromatic N) is 2. The Hall–Kier alpha value is -3.28. The van der Waals surface area contributed by atoms with E-state index in [2.05, 4.69) is 20.6 Å². The highest BCUT2D eigenvalue weighted by molar-refractivity contribution is 6.03. The zero-order valence-electron chi connectivity index (χ0n) is 12.0. The highest BCUT2D eigenvalue weighted by atomic mass is 19.1. The molecule has 0 saturated carbocycles. The van der Waals surface area contributed by atoms with Crippen molar-refractivity contribution in [3.05, 3.63) is 78.4 Å². The van der Waals surface area contributed by atoms with Gasteiger partial charge in [0.25, 0.3) is 5.91 Å². The van der Waals surface area contributed by atoms with Crippen LogP contribution < -0.4 is 10.6 Å². The van der Waals surface area contributed by atoms with Crippen LogP contribution in [0.5, 0.6) is 0 Å². The van der Waals surface area contributed by atoms with Crippen molar-refractivity contribution in [2.75, 3.05) is 10.6 Å². The molecule has 5 nitrogen and oxygen atoms in total. The lowest BCUT2D eigenvalue weighted by atomic mass is 10.2. The predicted octanol–water partition coefficient (Wildman–Crippen LogP) is 3.61. The number of nitrogens with one attached hydrogen (secondary N) is 2. The van der Waals surface area contributed by atoms with E-state index in [1.807, 2.05) is 30.3 Å². The number of hydrogen-bond acceptors (Lipinski definition) is 4. The Morgan fingerprint density at radius 2 is 1.61 bits per heavy atom. The minimum atomic E-state index is -0.415. The first kappa shape index (κ1) is 14.6. The standard InChI is InChI=1S/C17H13FN4O/c18-13-5-4-8-15(9-13)21-16(23)12-10-19-17(20-11-12)22-14-6-2-1-3-7-14/h1-11H,(H,21,23)(H,19,20,22). The van der Waals surface area contributed by atoms with Gasteiger partial charge in [-0.15, -0.1) is 0 Å². The smallest absolute Gasteiger partial charge is 0.258 e. The van der Waals surface area contributed by atoms with E-state index in [9.17, 15) is 9.18 Å². The van der Waals surface area contributed by atoms with Crippen LogP contribution in [-0.2, 0) is 0 Å². The first-order valence-electron chi connectivity index (χ1n) is 6.92. The molecule has 2 aromatic carbocycles. The van der Waals surface area contributed by atoms with Gasteiger partial charge in [0, 0.05) is 23.8 Å². The van der Waals surface area contributed by atoms with Crippen molar-refractivity contribution in [3.8, 4) is 0 Å². The van der Waals surface area contributed by atoms with E-state index < -0.39 is 11.7 Å². The molecule has 1 aromatic heterocycles. The quantitative estimate of drug-likeness (QED) is 0.772. The highest BCUT2D eigenvalue weighted by Crippen LogP contribution is 2.13. The number of hydrogen-bond donors (Lipinski definition) is 2. The second-order valence-electron chi connectivity index (χ2n) is 4.75. The molecule has 0 saturated heterocycles. The zero-order valence-corrected chi connectivity index (χ0v) is 12.0. The number of para-hydroxylation sites is 1. The maximum atomic E-state index is 13.1. The van der Waals surface area contributed by atoms with Crippen LogP contribution in [0.3, 0.4) is 0 Å². The van der Waals surface area contributed by atoms with Crippen LogP contribution in [-0.4, -0.2) is 15.9 Å². The van der Waals surface area contributed by atoms with Crippen LogP contribution in [0, 0.1) is 5.82 Å². The van der Waals surface area contributed by atoms with Crippen molar-refractivity contribution in [2.45, 2.75) is 0 Å². The van der Waals surface area contributed by atoms with Crippen LogP contribution in [0.4, 0.5) is 21.7 Å². The Morgan fingerprint density at radius 3 is 2.30 bits per heavy atom. The molecule has 1 heterocycles. The molecule has 3 rings (SSSR count). The van der Waals surface area contributed by atoms with Crippen molar-refractivity contribution in [3.63, 3.8) is 0 Å². The lowest BCUT2D eigenvalue weighted by molar-refractivity contribution is 0.102. The molecule has 0 unspecified atom stereocenters. The van der Waals surface area contributed by atoms with Gasteiger partial charge in [-0.25, -0.2) is 14.4 Å². The van der Waals surface area contributed by atoms with E-state index in [0.717, 1.165) is 5.69 Å². The predicted molar refractivity (Wildman–Crippen MR) is 86.1 cm³/mol. The lowest BCUT2D eigenvalue weighted by Crippen LogP contribution is -2.13. The summed E-state index contributed by atoms with van der Waals surface area (Å²) in [5, 5.41) is 5.61. The molecule has 0 aliphatic heterocycles. The third-order valence-electron chi connectivity index (χ3n) is 3.03. The maximum absolute atomic E-state index is 13.1. The second-order valence-corrected chi connectivity index (χ2v) is 4.75. The average Bonchev–Trinajstić information content (AvgIpc) is 2.56. The molecule has 0 fully saturated rings. The van der Waals surface area contributed by atoms with Crippen molar-refractivity contribution in [1.82, 2.24) is 9.97 Å². The second kappa shape index (κ2) is 6.65. The van der Waals surface area contributed by atoms with Gasteiger partial charge in [-0.2, -0.15) is 0 Å². The van der Waals surface area contributed by atoms with Crippen LogP contribution >= 0.6 is 0 Å². The summed E-state index contributed by atoms with van der Waals surface area (Å²) in [5.74, 6) is -0.429. The Kier molecular flexibility index (Phi) is 4.24. The van der Waals surface area contributed by atoms with Gasteiger partial charge in [-0.3, -0.25) is 4.79 Å². The minimum Gasteiger partial charge on any atom is -0.324 e. The third kappa shape index (κ3) is 3.88. The summed E-state index contributed by atoms with van der Waals surface area (Å²) in [7, 11) is 0. The molecule has 114 valence electrons. The molecule has 1 amide bonds. The van der Waals surface area contributed by atoms with Gasteiger partial charge in [0.15, 0.2) is 0 Å². The van der Waals surface area contributed by atoms with Crippen molar-refractivity contribution in [1.29, 1.82) is 0 Å². The van der Waals surface area contributed by atoms with Crippen molar-refractivity contribution >= 4 is 23.2 Å². The summed E-state index contributed by atoms with van der Waals surface area (Å²) in [6.07, 6.45) is 2.82. The fourth-order valence-corrected chi connectivity index (χ4v) is 1.93. The minimum absolute atomic E-state index is 0.285. The van der Waals surface area contributed by atoms with E-state index in [1.54, 1.807) is 6.07 Å². The number of rotatable bonds is 4. The summed E-state index contributed by atoms with van der Waals surface area (Å²) >= 11 is 0. The van der Waals surface area contributed by atoms with Crippen molar-refractivity contribution < 1.29 is 9.18 Å². The van der Waals surface area contributed by atoms with E-state index in [-0.39, 0.29) is 5.56 Å². The molecule has 0 atom stereocenters. The van der Waals surface area contributed by atoms with Gasteiger partial charge < -0.3 is 10.6 Å². The summed E-state index contributed by atoms with van der Waals surface area (Å²) in [5.41, 5.74) is 1.51. The summed E-state index contributed by atoms with van der Waals surface area (Å²) in [6.45, 7) is 0. The molecule has 3 aromatic rings. The topological polar surface area (TPSA) is 66.9 Å². The molecule has 0 bridgehead atoms. The fourth-order valence-electron chi connectivity index (χ4n) is 1.93. The third-order valence-corrected chi connectivity index (χ3v) is 3.03. The molecule has 0 aliphatic carbocycles. The molecule has 0 aliphatic rings. The van der Waals surface area contributed by atoms with Crippen LogP contribution in [0.1, 0.15) is 10.4 Å². The van der Waals surface area contributed by atoms with E-state index in [4.69, 9.17) is 0 Å². The first-order chi connectivity index (χ1) is 11.2. The molecular formula is C17H13FN4O. The Morgan fingerprint density at radius 1 is 0.913 bits per heavy atom. The maximum Gasteiger partial charge on any atom is 0.258 e. The molecule has 0 spiro atoms. The first-order valence-corrected chi connectivity index (χ1v) is 6.92. The van der Waals surface area contributed by atoms with Gasteiger partial charge in [0.2, 0.25) is 5.95 Å². The van der Waals surface area contributed by atoms with Gasteiger partial charge in [0.05, 0.1) is 5.56 Å². The number of anilines is 3. The summed E-state index contributed by atoms with van der Waals surface area (Å²) in [4.78, 5) is 20.3. The van der Waals surface area contributed by atoms with Crippen molar-refractivity contribution in [2.24, 2.45) is 0 Å². The summed E-state index contributed by atoms with van der Waals surface area (Å²) in [6, 6.07) is 15.1. The van der Waals surface area contributed by atoms with Gasteiger partial charge in [0.1, 0.15) is 5.82 Å². The average molecular weight is 308 g/mol. The SMILES string of the molecule is O=C(Nc1cccc(F)c1)c1cnc(Nc2ccccc2)nc1. The number of carbonyl (C=O) groups excluding carboxylic acids is 1. The zero-order chi connectivity index (χ0) is 16.1. The molecule has 6 heteroatoms. The van der Waals surface area contributed by atoms with Gasteiger partial charge in [-0.1, -0.05) is 24.3 Å². The number of carbonyl (C=O) groups is 1. The number of benzene rings is 2. The Labute approximate surface area is 132 Å². The van der Waals surface area contributed by atoms with Gasteiger partial charge >= 0.3 is 0 Å². The number of amides is 1. The Balaban J connectivity index is 1.68. The molecule has 23 heavy (non-hydrogen) atoms. The van der Waals surface area contributed by atoms with Gasteiger partial charge in [-0.05, 0) is 30.3 Å². The normalized spacial score (nSPS) is 10.1. The van der Waals surface area contributed by atoms with Crippen LogP contribution in [0.25, 0.3) is 0 Å². The fraction of sp³-hybridized carbons (Fsp3) is 0. The van der Waals surface area contributed by atoms with E-state index >= 15 is 0 Å². The van der Waals surface area contributed by atoms with Crippen LogP contribution in [0.15, 0.2) is 67.0 Å². The molecule has 0 radical (unpaired) electrons. The molecule has 2 N–H and O–H groups in total. The lowest BCUT2D eigenvalue weighted by Gasteiger charge is -2.06. The van der Waals surface area contributed by atoms with Crippen LogP contribution in [0.2, 0.25) is 0 Å². The van der Waals surface area contributed by atoms with E-state index in [0.29, 0.717) is 11.6 Å². The largest absolute Gasteiger partial charge is 0.324 e. The summed E-state index contributed by atoms with van der Waals surface area (Å²) < 4.78 is 13.1. The monoisotopic (exact) mass is 308 g/mol. The number of aromatic nitrogens is 2.